The van der Waals surface area contributed by atoms with E-state index < -0.39 is 5.82 Å². The Balaban J connectivity index is 0.000000215. The minimum Gasteiger partial charge on any atom is -0.488 e. The van der Waals surface area contributed by atoms with Crippen LogP contribution in [0.5, 0.6) is 34.5 Å². The molecule has 0 aromatic heterocycles. The molecule has 0 aliphatic carbocycles. The number of amides is 6. The fourth-order valence-electron chi connectivity index (χ4n) is 11.7. The van der Waals surface area contributed by atoms with E-state index in [0.29, 0.717) is 92.7 Å². The number of para-hydroxylation sites is 1. The quantitative estimate of drug-likeness (QED) is 0.0231. The standard InChI is InChI=1S/C18H20BrNO2.C17H17Br2NO2.C17H17BrClNO2.C17H17BrFNO2.C17H17BrINO2.C17H18BrNO2/c1-4-18(21)20-16-7-5-6-13(3)14(16)11-22-17-9-8-12(2)10-15(17)19;1-3-17(21)20-15-6-4-5-13(18)12(15)10-22-16-8-7-11(2)9-14(16)19;3*1-3-17(21)20-15-6-4-5-14(19)12(15)10-22-16-8-7-11(2)9-13(16)18;1-3-17(20)19-15-7-5-4-6-13(15)11-21-16-9-8-12(2)10-14(16)18/h5-10H,4,11H2,1-3H3,(H,20,21);4*4-9H,3,10H2,1-2H3,(H,20,21);4-10H,3,11H2,1-2H3,(H,19,20). The molecule has 0 atom stereocenters. The van der Waals surface area contributed by atoms with Crippen LogP contribution in [0.2, 0.25) is 5.02 Å². The van der Waals surface area contributed by atoms with Gasteiger partial charge in [0.25, 0.3) is 0 Å². The largest absolute Gasteiger partial charge is 0.488 e. The Kier molecular flexibility index (Phi) is 46.9. The third kappa shape index (κ3) is 36.5. The number of carbonyl (C=O) groups excluding carboxylic acids is 6. The van der Waals surface area contributed by atoms with Gasteiger partial charge in [-0.2, -0.15) is 0 Å². The Morgan fingerprint density at radius 3 is 0.908 bits per heavy atom. The van der Waals surface area contributed by atoms with E-state index in [0.717, 1.165) is 136 Å². The monoisotopic (exact) mass is 2350 g/mol. The summed E-state index contributed by atoms with van der Waals surface area (Å²) in [6.45, 7) is 26.9. The third-order valence-corrected chi connectivity index (χ3v) is 25.1. The van der Waals surface area contributed by atoms with E-state index in [1.54, 1.807) is 38.1 Å². The average Bonchev–Trinajstić information content (AvgIpc) is 0.849. The highest BCUT2D eigenvalue weighted by Crippen LogP contribution is 2.37. The molecular formula is C103H106Br7ClFIN6O12. The zero-order valence-electron chi connectivity index (χ0n) is 75.0. The first-order valence-corrected chi connectivity index (χ1v) is 49.0. The van der Waals surface area contributed by atoms with E-state index in [1.165, 1.54) is 22.8 Å². The summed E-state index contributed by atoms with van der Waals surface area (Å²) in [7, 11) is 0. The summed E-state index contributed by atoms with van der Waals surface area (Å²) in [4.78, 5) is 69.6. The van der Waals surface area contributed by atoms with Gasteiger partial charge in [-0.1, -0.05) is 160 Å². The van der Waals surface area contributed by atoms with Crippen LogP contribution >= 0.6 is 146 Å². The molecule has 0 radical (unpaired) electrons. The minimum absolute atomic E-state index is 0.000216. The van der Waals surface area contributed by atoms with Crippen LogP contribution in [0.15, 0.2) is 256 Å². The average molecular weight is 2360 g/mol. The van der Waals surface area contributed by atoms with Gasteiger partial charge in [-0.05, 0) is 339 Å². The van der Waals surface area contributed by atoms with Crippen LogP contribution in [-0.4, -0.2) is 35.4 Å². The van der Waals surface area contributed by atoms with Gasteiger partial charge in [0.05, 0.1) is 32.5 Å². The molecular weight excluding hydrogens is 2250 g/mol. The summed E-state index contributed by atoms with van der Waals surface area (Å²) in [5.41, 5.74) is 17.3. The number of ether oxygens (including phenoxy) is 6. The van der Waals surface area contributed by atoms with Crippen LogP contribution in [0, 0.1) is 57.9 Å². The number of halogens is 10. The van der Waals surface area contributed by atoms with Crippen molar-refractivity contribution in [2.75, 3.05) is 31.9 Å². The third-order valence-electron chi connectivity index (χ3n) is 19.2. The van der Waals surface area contributed by atoms with Crippen molar-refractivity contribution >= 4 is 215 Å². The maximum absolute atomic E-state index is 14.0. The van der Waals surface area contributed by atoms with Gasteiger partial charge in [0.15, 0.2) is 0 Å². The van der Waals surface area contributed by atoms with E-state index in [9.17, 15) is 33.2 Å². The van der Waals surface area contributed by atoms with E-state index in [-0.39, 0.29) is 48.7 Å². The highest BCUT2D eigenvalue weighted by atomic mass is 127. The molecule has 18 nitrogen and oxygen atoms in total. The molecule has 6 amide bonds. The fraction of sp³-hybridized carbons (Fsp3) is 0.243. The number of carbonyl (C=O) groups is 6. The maximum Gasteiger partial charge on any atom is 0.224 e. The van der Waals surface area contributed by atoms with Crippen molar-refractivity contribution in [1.82, 2.24) is 0 Å². The van der Waals surface area contributed by atoms with Crippen molar-refractivity contribution in [3.8, 4) is 34.5 Å². The molecule has 0 spiro atoms. The summed E-state index contributed by atoms with van der Waals surface area (Å²) in [5.74, 6) is 3.87. The SMILES string of the molecule is CCC(=O)Nc1cccc(Br)c1COc1ccc(C)cc1Br.CCC(=O)Nc1cccc(C)c1COc1ccc(C)cc1Br.CCC(=O)Nc1cccc(Cl)c1COc1ccc(C)cc1Br.CCC(=O)Nc1cccc(F)c1COc1ccc(C)cc1Br.CCC(=O)Nc1cccc(I)c1COc1ccc(C)cc1Br.CCC(=O)Nc1ccccc1COc1ccc(C)cc1Br. The second kappa shape index (κ2) is 56.6. The second-order valence-corrected chi connectivity index (χ2v) is 37.1. The van der Waals surface area contributed by atoms with Crippen molar-refractivity contribution in [2.24, 2.45) is 0 Å². The van der Waals surface area contributed by atoms with Crippen LogP contribution in [0.1, 0.15) is 152 Å². The lowest BCUT2D eigenvalue weighted by Gasteiger charge is -2.15. The lowest BCUT2D eigenvalue weighted by molar-refractivity contribution is -0.116. The predicted octanol–water partition coefficient (Wildman–Crippen LogP) is 30.6. The molecule has 12 aromatic rings. The Labute approximate surface area is 845 Å². The molecule has 0 unspecified atom stereocenters. The van der Waals surface area contributed by atoms with Gasteiger partial charge < -0.3 is 60.3 Å². The van der Waals surface area contributed by atoms with Crippen LogP contribution in [-0.2, 0) is 68.4 Å². The number of nitrogens with one attached hydrogen (secondary N) is 6. The molecule has 12 aromatic carbocycles. The van der Waals surface area contributed by atoms with Gasteiger partial charge in [0, 0.05) is 113 Å². The van der Waals surface area contributed by atoms with E-state index in [2.05, 4.69) is 166 Å². The minimum atomic E-state index is -0.405. The molecule has 28 heteroatoms. The van der Waals surface area contributed by atoms with E-state index >= 15 is 0 Å². The molecule has 6 N–H and O–H groups in total. The van der Waals surface area contributed by atoms with Crippen molar-refractivity contribution < 1.29 is 61.6 Å². The molecule has 131 heavy (non-hydrogen) atoms. The second-order valence-electron chi connectivity index (χ2n) is 29.6. The van der Waals surface area contributed by atoms with Crippen molar-refractivity contribution in [2.45, 2.75) is 168 Å². The van der Waals surface area contributed by atoms with Crippen molar-refractivity contribution in [3.63, 3.8) is 0 Å². The van der Waals surface area contributed by atoms with Gasteiger partial charge in [0.1, 0.15) is 80.0 Å². The predicted molar refractivity (Wildman–Crippen MR) is 562 cm³/mol. The number of hydrogen-bond acceptors (Lipinski definition) is 12. The molecule has 0 saturated heterocycles. The van der Waals surface area contributed by atoms with Gasteiger partial charge in [-0.3, -0.25) is 28.8 Å². The van der Waals surface area contributed by atoms with Crippen molar-refractivity contribution in [3.05, 3.63) is 342 Å². The normalized spacial score (nSPS) is 10.3. The summed E-state index contributed by atoms with van der Waals surface area (Å²) < 4.78 is 56.5. The van der Waals surface area contributed by atoms with E-state index in [4.69, 9.17) is 40.0 Å². The summed E-state index contributed by atoms with van der Waals surface area (Å²) in [5, 5.41) is 17.7. The molecule has 0 bridgehead atoms. The van der Waals surface area contributed by atoms with Crippen molar-refractivity contribution in [1.29, 1.82) is 0 Å². The molecule has 0 aliphatic rings. The number of benzene rings is 12. The Hall–Kier alpha value is -9.43. The van der Waals surface area contributed by atoms with Crippen LogP contribution in [0.4, 0.5) is 38.5 Å². The van der Waals surface area contributed by atoms with Crippen LogP contribution in [0.3, 0.4) is 0 Å². The molecule has 0 heterocycles. The Morgan fingerprint density at radius 2 is 0.542 bits per heavy atom. The van der Waals surface area contributed by atoms with Gasteiger partial charge in [0.2, 0.25) is 35.4 Å². The van der Waals surface area contributed by atoms with Crippen LogP contribution < -0.4 is 60.3 Å². The molecule has 690 valence electrons. The summed E-state index contributed by atoms with van der Waals surface area (Å²) in [6.07, 6.45) is 2.55. The fourth-order valence-corrected chi connectivity index (χ4v) is 16.8. The smallest absolute Gasteiger partial charge is 0.224 e. The summed E-state index contributed by atoms with van der Waals surface area (Å²) >= 11 is 33.0. The molecule has 12 rings (SSSR count). The highest BCUT2D eigenvalue weighted by Gasteiger charge is 2.19. The number of hydrogen-bond donors (Lipinski definition) is 6. The topological polar surface area (TPSA) is 230 Å². The molecule has 0 saturated carbocycles. The number of rotatable bonds is 30. The van der Waals surface area contributed by atoms with E-state index in [1.807, 2.05) is 270 Å². The van der Waals surface area contributed by atoms with Gasteiger partial charge in [-0.25, -0.2) is 4.39 Å². The van der Waals surface area contributed by atoms with Gasteiger partial charge in [-0.15, -0.1) is 0 Å². The van der Waals surface area contributed by atoms with Gasteiger partial charge >= 0.3 is 0 Å². The first-order chi connectivity index (χ1) is 62.6. The number of anilines is 6. The Morgan fingerprint density at radius 1 is 0.282 bits per heavy atom. The molecule has 0 fully saturated rings. The summed E-state index contributed by atoms with van der Waals surface area (Å²) in [6, 6.07) is 70.4. The zero-order chi connectivity index (χ0) is 95.8. The maximum atomic E-state index is 14.0. The lowest BCUT2D eigenvalue weighted by atomic mass is 10.1. The molecule has 0 aliphatic heterocycles. The lowest BCUT2D eigenvalue weighted by Crippen LogP contribution is -2.13. The first kappa shape index (κ1) is 109. The van der Waals surface area contributed by atoms with Crippen LogP contribution in [0.25, 0.3) is 0 Å². The number of aryl methyl sites for hydroxylation is 7. The highest BCUT2D eigenvalue weighted by molar-refractivity contribution is 14.1. The zero-order valence-corrected chi connectivity index (χ0v) is 89.0. The first-order valence-electron chi connectivity index (χ1n) is 42.0. The Bertz CT molecular complexity index is 5220.